The molecule has 16 heavy (non-hydrogen) atoms. The van der Waals surface area contributed by atoms with E-state index in [1.165, 1.54) is 32.1 Å². The molecule has 0 aromatic rings. The topological polar surface area (TPSA) is 17.1 Å². The third-order valence-electron chi connectivity index (χ3n) is 4.07. The Morgan fingerprint density at radius 1 is 1.25 bits per heavy atom. The van der Waals surface area contributed by atoms with Crippen molar-refractivity contribution in [2.75, 3.05) is 0 Å². The third-order valence-corrected chi connectivity index (χ3v) is 6.98. The Morgan fingerprint density at radius 3 is 2.50 bits per heavy atom. The summed E-state index contributed by atoms with van der Waals surface area (Å²) in [6.45, 7) is 9.54. The first-order chi connectivity index (χ1) is 7.46. The number of hydrogen-bond donors (Lipinski definition) is 0. The van der Waals surface area contributed by atoms with Crippen molar-refractivity contribution in [3.8, 4) is 0 Å². The van der Waals surface area contributed by atoms with Gasteiger partial charge in [0.15, 0.2) is 0 Å². The molecule has 0 heterocycles. The first-order valence-electron chi connectivity index (χ1n) is 6.99. The molecule has 1 fully saturated rings. The van der Waals surface area contributed by atoms with Crippen molar-refractivity contribution in [3.63, 3.8) is 0 Å². The molecule has 0 saturated heterocycles. The van der Waals surface area contributed by atoms with Gasteiger partial charge in [0.05, 0.1) is 0 Å². The molecule has 0 amide bonds. The van der Waals surface area contributed by atoms with Gasteiger partial charge in [0.1, 0.15) is 5.78 Å². The normalized spacial score (nSPS) is 27.1. The maximum Gasteiger partial charge on any atom is 0.135 e. The van der Waals surface area contributed by atoms with E-state index in [9.17, 15) is 4.79 Å². The van der Waals surface area contributed by atoms with E-state index in [0.29, 0.717) is 11.7 Å². The minimum Gasteiger partial charge on any atom is -0.299 e. The highest BCUT2D eigenvalue weighted by molar-refractivity contribution is 6.77. The number of Topliss-reactive ketones (excluding diaryl/α,β-unsaturated/α-hetero) is 1. The van der Waals surface area contributed by atoms with Crippen LogP contribution >= 0.6 is 0 Å². The van der Waals surface area contributed by atoms with Crippen LogP contribution in [0.4, 0.5) is 0 Å². The van der Waals surface area contributed by atoms with Gasteiger partial charge in [0.2, 0.25) is 0 Å². The summed E-state index contributed by atoms with van der Waals surface area (Å²) in [5, 5.41) is 0. The Hall–Kier alpha value is -0.113. The summed E-state index contributed by atoms with van der Waals surface area (Å²) in [6, 6.07) is 0. The predicted molar refractivity (Wildman–Crippen MR) is 73.6 cm³/mol. The largest absolute Gasteiger partial charge is 0.299 e. The summed E-state index contributed by atoms with van der Waals surface area (Å²) >= 11 is 0. The molecule has 1 aliphatic carbocycles. The van der Waals surface area contributed by atoms with Crippen LogP contribution in [0.15, 0.2) is 0 Å². The maximum atomic E-state index is 12.1. The molecule has 0 unspecified atom stereocenters. The third kappa shape index (κ3) is 3.72. The molecule has 0 spiro atoms. The van der Waals surface area contributed by atoms with Crippen LogP contribution in [0.25, 0.3) is 0 Å². The van der Waals surface area contributed by atoms with Crippen LogP contribution in [-0.4, -0.2) is 13.9 Å². The molecule has 1 aliphatic rings. The highest BCUT2D eigenvalue weighted by Gasteiger charge is 2.38. The molecule has 0 aromatic heterocycles. The average molecular weight is 240 g/mol. The number of ketones is 1. The molecular weight excluding hydrogens is 212 g/mol. The first kappa shape index (κ1) is 13.9. The van der Waals surface area contributed by atoms with E-state index < -0.39 is 8.07 Å². The van der Waals surface area contributed by atoms with E-state index in [-0.39, 0.29) is 0 Å². The highest BCUT2D eigenvalue weighted by Crippen LogP contribution is 2.42. The van der Waals surface area contributed by atoms with Crippen LogP contribution in [0.2, 0.25) is 25.2 Å². The van der Waals surface area contributed by atoms with Crippen molar-refractivity contribution in [2.45, 2.75) is 77.1 Å². The van der Waals surface area contributed by atoms with Gasteiger partial charge in [0, 0.05) is 20.4 Å². The van der Waals surface area contributed by atoms with Gasteiger partial charge in [-0.05, 0) is 18.4 Å². The SMILES string of the molecule is CCCCC[C@@H]1C(=O)CCC[C@@H]1[Si](C)(C)C. The molecule has 1 nitrogen and oxygen atoms in total. The zero-order chi connectivity index (χ0) is 12.2. The van der Waals surface area contributed by atoms with Gasteiger partial charge in [-0.3, -0.25) is 4.79 Å². The minimum atomic E-state index is -1.14. The van der Waals surface area contributed by atoms with Crippen molar-refractivity contribution in [1.82, 2.24) is 0 Å². The van der Waals surface area contributed by atoms with E-state index in [1.807, 2.05) is 0 Å². The summed E-state index contributed by atoms with van der Waals surface area (Å²) in [4.78, 5) is 12.1. The van der Waals surface area contributed by atoms with E-state index in [2.05, 4.69) is 26.6 Å². The standard InChI is InChI=1S/C14H28OSi/c1-5-6-7-9-12-13(15)10-8-11-14(12)16(2,3)4/h12,14H,5-11H2,1-4H3/t12-,14+/m1/s1. The van der Waals surface area contributed by atoms with Gasteiger partial charge >= 0.3 is 0 Å². The van der Waals surface area contributed by atoms with E-state index in [4.69, 9.17) is 0 Å². The highest BCUT2D eigenvalue weighted by atomic mass is 28.3. The molecule has 0 bridgehead atoms. The van der Waals surface area contributed by atoms with Crippen molar-refractivity contribution in [2.24, 2.45) is 5.92 Å². The quantitative estimate of drug-likeness (QED) is 0.505. The van der Waals surface area contributed by atoms with Crippen LogP contribution in [0, 0.1) is 5.92 Å². The Morgan fingerprint density at radius 2 is 1.94 bits per heavy atom. The molecule has 0 aliphatic heterocycles. The molecule has 94 valence electrons. The Kier molecular flexibility index (Phi) is 5.23. The lowest BCUT2D eigenvalue weighted by Crippen LogP contribution is -2.39. The van der Waals surface area contributed by atoms with Gasteiger partial charge < -0.3 is 0 Å². The van der Waals surface area contributed by atoms with Crippen molar-refractivity contribution in [3.05, 3.63) is 0 Å². The van der Waals surface area contributed by atoms with Crippen LogP contribution < -0.4 is 0 Å². The number of unbranched alkanes of at least 4 members (excludes halogenated alkanes) is 2. The van der Waals surface area contributed by atoms with Crippen LogP contribution in [0.5, 0.6) is 0 Å². The predicted octanol–water partition coefficient (Wildman–Crippen LogP) is 4.64. The smallest absolute Gasteiger partial charge is 0.135 e. The van der Waals surface area contributed by atoms with Crippen molar-refractivity contribution in [1.29, 1.82) is 0 Å². The number of hydrogen-bond acceptors (Lipinski definition) is 1. The number of carbonyl (C=O) groups excluding carboxylic acids is 1. The lowest BCUT2D eigenvalue weighted by Gasteiger charge is -2.38. The van der Waals surface area contributed by atoms with Crippen molar-refractivity contribution < 1.29 is 4.79 Å². The van der Waals surface area contributed by atoms with Crippen LogP contribution in [-0.2, 0) is 4.79 Å². The molecular formula is C14H28OSi. The summed E-state index contributed by atoms with van der Waals surface area (Å²) < 4.78 is 0. The monoisotopic (exact) mass is 240 g/mol. The summed E-state index contributed by atoms with van der Waals surface area (Å²) in [5.41, 5.74) is 0.755. The van der Waals surface area contributed by atoms with Crippen molar-refractivity contribution >= 4 is 13.9 Å². The molecule has 0 aromatic carbocycles. The molecule has 2 heteroatoms. The van der Waals surface area contributed by atoms with Gasteiger partial charge in [-0.2, -0.15) is 0 Å². The number of carbonyl (C=O) groups is 1. The second-order valence-corrected chi connectivity index (χ2v) is 11.9. The summed E-state index contributed by atoms with van der Waals surface area (Å²) in [5.74, 6) is 1.00. The van der Waals surface area contributed by atoms with Gasteiger partial charge in [-0.15, -0.1) is 0 Å². The molecule has 1 saturated carbocycles. The zero-order valence-corrected chi connectivity index (χ0v) is 12.5. The van der Waals surface area contributed by atoms with Crippen LogP contribution in [0.1, 0.15) is 51.9 Å². The molecule has 0 N–H and O–H groups in total. The zero-order valence-electron chi connectivity index (χ0n) is 11.5. The lowest BCUT2D eigenvalue weighted by molar-refractivity contribution is -0.124. The van der Waals surface area contributed by atoms with Crippen LogP contribution in [0.3, 0.4) is 0 Å². The Bertz CT molecular complexity index is 229. The Labute approximate surface area is 102 Å². The summed E-state index contributed by atoms with van der Waals surface area (Å²) in [7, 11) is -1.14. The maximum absolute atomic E-state index is 12.1. The second kappa shape index (κ2) is 5.99. The van der Waals surface area contributed by atoms with Gasteiger partial charge in [0.25, 0.3) is 0 Å². The van der Waals surface area contributed by atoms with E-state index in [1.54, 1.807) is 0 Å². The fraction of sp³-hybridized carbons (Fsp3) is 0.929. The molecule has 1 rings (SSSR count). The summed E-state index contributed by atoms with van der Waals surface area (Å²) in [6.07, 6.45) is 8.31. The lowest BCUT2D eigenvalue weighted by atomic mass is 9.84. The fourth-order valence-electron chi connectivity index (χ4n) is 3.12. The average Bonchev–Trinajstić information content (AvgIpc) is 2.19. The van der Waals surface area contributed by atoms with E-state index in [0.717, 1.165) is 18.4 Å². The second-order valence-electron chi connectivity index (χ2n) is 6.43. The molecule has 0 radical (unpaired) electrons. The Balaban J connectivity index is 2.61. The number of rotatable bonds is 5. The fourth-order valence-corrected chi connectivity index (χ4v) is 5.75. The van der Waals surface area contributed by atoms with Gasteiger partial charge in [-0.1, -0.05) is 52.2 Å². The van der Waals surface area contributed by atoms with Gasteiger partial charge in [-0.25, -0.2) is 0 Å². The first-order valence-corrected chi connectivity index (χ1v) is 10.6. The van der Waals surface area contributed by atoms with E-state index >= 15 is 0 Å². The molecule has 2 atom stereocenters. The minimum absolute atomic E-state index is 0.423.